The predicted molar refractivity (Wildman–Crippen MR) is 97.1 cm³/mol. The number of ether oxygens (including phenoxy) is 2. The Bertz CT molecular complexity index is 696. The first-order chi connectivity index (χ1) is 11.9. The molecule has 1 amide bonds. The molecule has 0 aliphatic rings. The molecule has 0 bridgehead atoms. The van der Waals surface area contributed by atoms with Gasteiger partial charge in [-0.1, -0.05) is 18.2 Å². The summed E-state index contributed by atoms with van der Waals surface area (Å²) in [6.07, 6.45) is 0.238. The Hall–Kier alpha value is -2.83. The van der Waals surface area contributed by atoms with Crippen molar-refractivity contribution in [1.82, 2.24) is 10.2 Å². The number of nitrogens with zero attached hydrogens (tertiary/aromatic N) is 2. The topological polar surface area (TPSA) is 85.4 Å². The third kappa shape index (κ3) is 6.29. The van der Waals surface area contributed by atoms with Gasteiger partial charge in [0.15, 0.2) is 5.82 Å². The van der Waals surface area contributed by atoms with E-state index < -0.39 is 11.7 Å². The van der Waals surface area contributed by atoms with Crippen LogP contribution in [-0.4, -0.2) is 35.5 Å². The largest absolute Gasteiger partial charge is 0.496 e. The summed E-state index contributed by atoms with van der Waals surface area (Å²) >= 11 is 0. The fraction of sp³-hybridized carbons (Fsp3) is 0.389. The van der Waals surface area contributed by atoms with Crippen molar-refractivity contribution in [2.45, 2.75) is 32.8 Å². The molecular weight excluding hydrogens is 320 g/mol. The molecule has 1 aromatic heterocycles. The molecule has 0 fully saturated rings. The molecule has 2 N–H and O–H groups in total. The first-order valence-electron chi connectivity index (χ1n) is 8.07. The van der Waals surface area contributed by atoms with Gasteiger partial charge in [0.2, 0.25) is 0 Å². The number of hydrogen-bond acceptors (Lipinski definition) is 6. The number of carbonyl (C=O) groups is 1. The van der Waals surface area contributed by atoms with Crippen LogP contribution in [0.2, 0.25) is 0 Å². The molecule has 0 radical (unpaired) electrons. The number of benzene rings is 1. The van der Waals surface area contributed by atoms with E-state index in [0.717, 1.165) is 17.7 Å². The van der Waals surface area contributed by atoms with Gasteiger partial charge < -0.3 is 14.8 Å². The highest BCUT2D eigenvalue weighted by molar-refractivity contribution is 5.83. The summed E-state index contributed by atoms with van der Waals surface area (Å²) in [5, 5.41) is 13.7. The maximum atomic E-state index is 11.7. The molecule has 7 nitrogen and oxygen atoms in total. The number of nitrogens with one attached hydrogen (secondary N) is 2. The smallest absolute Gasteiger partial charge is 0.413 e. The van der Waals surface area contributed by atoms with Crippen LogP contribution in [0.1, 0.15) is 26.3 Å². The molecule has 0 aliphatic carbocycles. The van der Waals surface area contributed by atoms with E-state index in [1.165, 1.54) is 0 Å². The lowest BCUT2D eigenvalue weighted by molar-refractivity contribution is 0.0635. The van der Waals surface area contributed by atoms with Crippen LogP contribution in [-0.2, 0) is 11.2 Å². The predicted octanol–water partition coefficient (Wildman–Crippen LogP) is 3.49. The fourth-order valence-corrected chi connectivity index (χ4v) is 2.14. The third-order valence-corrected chi connectivity index (χ3v) is 3.19. The van der Waals surface area contributed by atoms with Crippen LogP contribution in [0.4, 0.5) is 16.4 Å². The van der Waals surface area contributed by atoms with Crippen molar-refractivity contribution in [1.29, 1.82) is 0 Å². The number of carbonyl (C=O) groups excluding carboxylic acids is 1. The summed E-state index contributed by atoms with van der Waals surface area (Å²) in [6, 6.07) is 11.3. The minimum absolute atomic E-state index is 0.338. The van der Waals surface area contributed by atoms with Crippen LogP contribution in [0.15, 0.2) is 36.4 Å². The molecule has 7 heteroatoms. The molecule has 0 unspecified atom stereocenters. The highest BCUT2D eigenvalue weighted by Gasteiger charge is 2.16. The Morgan fingerprint density at radius 1 is 1.08 bits per heavy atom. The second kappa shape index (κ2) is 8.32. The van der Waals surface area contributed by atoms with E-state index in [1.807, 2.05) is 24.3 Å². The quantitative estimate of drug-likeness (QED) is 0.834. The minimum Gasteiger partial charge on any atom is -0.496 e. The van der Waals surface area contributed by atoms with Crippen LogP contribution >= 0.6 is 0 Å². The molecule has 0 aliphatic heterocycles. The molecule has 0 atom stereocenters. The van der Waals surface area contributed by atoms with E-state index in [1.54, 1.807) is 40.0 Å². The lowest BCUT2D eigenvalue weighted by Gasteiger charge is -2.19. The zero-order valence-corrected chi connectivity index (χ0v) is 15.0. The summed E-state index contributed by atoms with van der Waals surface area (Å²) in [6.45, 7) is 6.08. The Balaban J connectivity index is 1.83. The van der Waals surface area contributed by atoms with Gasteiger partial charge in [-0.3, -0.25) is 5.32 Å². The average molecular weight is 344 g/mol. The highest BCUT2D eigenvalue weighted by atomic mass is 16.6. The van der Waals surface area contributed by atoms with E-state index in [-0.39, 0.29) is 0 Å². The van der Waals surface area contributed by atoms with Crippen LogP contribution in [0, 0.1) is 0 Å². The summed E-state index contributed by atoms with van der Waals surface area (Å²) in [4.78, 5) is 11.7. The van der Waals surface area contributed by atoms with Crippen LogP contribution in [0.3, 0.4) is 0 Å². The third-order valence-electron chi connectivity index (χ3n) is 3.19. The molecule has 0 saturated carbocycles. The molecular formula is C18H24N4O3. The van der Waals surface area contributed by atoms with Gasteiger partial charge in [-0.05, 0) is 51.0 Å². The van der Waals surface area contributed by atoms with Crippen molar-refractivity contribution in [3.63, 3.8) is 0 Å². The van der Waals surface area contributed by atoms with Gasteiger partial charge in [0.05, 0.1) is 7.11 Å². The molecule has 0 spiro atoms. The van der Waals surface area contributed by atoms with E-state index >= 15 is 0 Å². The van der Waals surface area contributed by atoms with E-state index in [9.17, 15) is 4.79 Å². The van der Waals surface area contributed by atoms with Crippen molar-refractivity contribution >= 4 is 17.7 Å². The molecule has 134 valence electrons. The summed E-state index contributed by atoms with van der Waals surface area (Å²) in [5.41, 5.74) is 0.561. The summed E-state index contributed by atoms with van der Waals surface area (Å²) < 4.78 is 10.5. The van der Waals surface area contributed by atoms with Crippen molar-refractivity contribution in [3.8, 4) is 5.75 Å². The SMILES string of the molecule is COc1ccccc1CCNc1ccc(NC(=O)OC(C)(C)C)nn1. The van der Waals surface area contributed by atoms with Crippen LogP contribution < -0.4 is 15.4 Å². The maximum absolute atomic E-state index is 11.7. The summed E-state index contributed by atoms with van der Waals surface area (Å²) in [7, 11) is 1.66. The van der Waals surface area contributed by atoms with Gasteiger partial charge in [0, 0.05) is 6.54 Å². The first kappa shape index (κ1) is 18.5. The van der Waals surface area contributed by atoms with Gasteiger partial charge in [-0.2, -0.15) is 0 Å². The summed E-state index contributed by atoms with van der Waals surface area (Å²) in [5.74, 6) is 1.83. The Kier molecular flexibility index (Phi) is 6.16. The average Bonchev–Trinajstić information content (AvgIpc) is 2.55. The second-order valence-electron chi connectivity index (χ2n) is 6.42. The number of amides is 1. The number of methoxy groups -OCH3 is 1. The monoisotopic (exact) mass is 344 g/mol. The van der Waals surface area contributed by atoms with Gasteiger partial charge >= 0.3 is 6.09 Å². The number of rotatable bonds is 6. The van der Waals surface area contributed by atoms with Crippen molar-refractivity contribution in [3.05, 3.63) is 42.0 Å². The van der Waals surface area contributed by atoms with Crippen LogP contribution in [0.25, 0.3) is 0 Å². The Morgan fingerprint density at radius 2 is 1.76 bits per heavy atom. The Labute approximate surface area is 147 Å². The van der Waals surface area contributed by atoms with Gasteiger partial charge in [-0.15, -0.1) is 10.2 Å². The Morgan fingerprint density at radius 3 is 2.40 bits per heavy atom. The number of hydrogen-bond donors (Lipinski definition) is 2. The van der Waals surface area contributed by atoms with Gasteiger partial charge in [0.25, 0.3) is 0 Å². The molecule has 0 saturated heterocycles. The normalized spacial score (nSPS) is 10.9. The van der Waals surface area contributed by atoms with Gasteiger partial charge in [-0.25, -0.2) is 4.79 Å². The number of anilines is 2. The second-order valence-corrected chi connectivity index (χ2v) is 6.42. The van der Waals surface area contributed by atoms with E-state index in [2.05, 4.69) is 20.8 Å². The van der Waals surface area contributed by atoms with E-state index in [4.69, 9.17) is 9.47 Å². The zero-order valence-electron chi connectivity index (χ0n) is 15.0. The number of para-hydroxylation sites is 1. The number of aromatic nitrogens is 2. The van der Waals surface area contributed by atoms with Gasteiger partial charge in [0.1, 0.15) is 17.2 Å². The molecule has 1 aromatic carbocycles. The molecule has 1 heterocycles. The zero-order chi connectivity index (χ0) is 18.3. The first-order valence-corrected chi connectivity index (χ1v) is 8.07. The van der Waals surface area contributed by atoms with Crippen molar-refractivity contribution < 1.29 is 14.3 Å². The minimum atomic E-state index is -0.558. The van der Waals surface area contributed by atoms with Crippen molar-refractivity contribution in [2.75, 3.05) is 24.3 Å². The maximum Gasteiger partial charge on any atom is 0.413 e. The molecule has 2 rings (SSSR count). The highest BCUT2D eigenvalue weighted by Crippen LogP contribution is 2.18. The molecule has 2 aromatic rings. The van der Waals surface area contributed by atoms with E-state index in [0.29, 0.717) is 18.2 Å². The lowest BCUT2D eigenvalue weighted by atomic mass is 10.1. The van der Waals surface area contributed by atoms with Crippen molar-refractivity contribution in [2.24, 2.45) is 0 Å². The lowest BCUT2D eigenvalue weighted by Crippen LogP contribution is -2.27. The standard InChI is InChI=1S/C18H24N4O3/c1-18(2,3)25-17(23)20-16-10-9-15(21-22-16)19-12-11-13-7-5-6-8-14(13)24-4/h5-10H,11-12H2,1-4H3,(H,19,21)(H,20,22,23). The fourth-order valence-electron chi connectivity index (χ4n) is 2.14. The van der Waals surface area contributed by atoms with Crippen LogP contribution in [0.5, 0.6) is 5.75 Å². The molecule has 25 heavy (non-hydrogen) atoms.